The van der Waals surface area contributed by atoms with Crippen molar-refractivity contribution in [1.29, 1.82) is 0 Å². The monoisotopic (exact) mass is 474 g/mol. The minimum atomic E-state index is -3.55. The number of fused-ring (bicyclic) bond motifs is 1. The maximum Gasteiger partial charge on any atom is 0.261 e. The van der Waals surface area contributed by atoms with Crippen LogP contribution in [0.25, 0.3) is 10.9 Å². The molecule has 0 atom stereocenters. The van der Waals surface area contributed by atoms with Gasteiger partial charge in [0.25, 0.3) is 5.56 Å². The van der Waals surface area contributed by atoms with Crippen molar-refractivity contribution in [2.75, 3.05) is 18.4 Å². The first-order valence-corrected chi connectivity index (χ1v) is 12.2. The van der Waals surface area contributed by atoms with Gasteiger partial charge in [-0.3, -0.25) is 14.2 Å². The van der Waals surface area contributed by atoms with Crippen molar-refractivity contribution >= 4 is 44.1 Å². The first-order chi connectivity index (χ1) is 15.3. The van der Waals surface area contributed by atoms with Crippen LogP contribution in [0.1, 0.15) is 25.7 Å². The zero-order valence-electron chi connectivity index (χ0n) is 17.3. The van der Waals surface area contributed by atoms with Gasteiger partial charge in [0, 0.05) is 23.8 Å². The molecule has 3 aromatic rings. The molecular weight excluding hydrogens is 452 g/mol. The number of carbonyl (C=O) groups is 1. The van der Waals surface area contributed by atoms with E-state index in [1.807, 2.05) is 0 Å². The molecule has 1 fully saturated rings. The minimum Gasteiger partial charge on any atom is -0.325 e. The third-order valence-electron chi connectivity index (χ3n) is 5.44. The second-order valence-corrected chi connectivity index (χ2v) is 10.1. The Morgan fingerprint density at radius 2 is 1.72 bits per heavy atom. The topological polar surface area (TPSA) is 101 Å². The molecule has 1 aliphatic rings. The van der Waals surface area contributed by atoms with Gasteiger partial charge >= 0.3 is 0 Å². The Hall–Kier alpha value is -2.75. The number of hydrogen-bond acceptors (Lipinski definition) is 5. The third-order valence-corrected chi connectivity index (χ3v) is 7.59. The Bertz CT molecular complexity index is 1300. The number of amides is 1. The van der Waals surface area contributed by atoms with E-state index in [9.17, 15) is 18.0 Å². The minimum absolute atomic E-state index is 0.198. The summed E-state index contributed by atoms with van der Waals surface area (Å²) < 4.78 is 28.5. The Labute approximate surface area is 190 Å². The van der Waals surface area contributed by atoms with Crippen LogP contribution >= 0.6 is 11.6 Å². The maximum absolute atomic E-state index is 12.9. The number of benzene rings is 2. The summed E-state index contributed by atoms with van der Waals surface area (Å²) in [5, 5.41) is 3.42. The average Bonchev–Trinajstić information content (AvgIpc) is 3.07. The van der Waals surface area contributed by atoms with Crippen molar-refractivity contribution < 1.29 is 13.2 Å². The zero-order valence-corrected chi connectivity index (χ0v) is 18.9. The van der Waals surface area contributed by atoms with E-state index in [4.69, 9.17) is 11.6 Å². The van der Waals surface area contributed by atoms with Gasteiger partial charge in [-0.1, -0.05) is 24.4 Å². The maximum atomic E-state index is 12.9. The van der Waals surface area contributed by atoms with Crippen LogP contribution in [0.5, 0.6) is 0 Å². The quantitative estimate of drug-likeness (QED) is 0.611. The number of sulfonamides is 1. The van der Waals surface area contributed by atoms with Crippen molar-refractivity contribution in [3.8, 4) is 0 Å². The SMILES string of the molecule is O=C(Cn1cnc2ccc(Cl)cc2c1=O)Nc1ccc(S(=O)(=O)N2CCCCCC2)cc1. The van der Waals surface area contributed by atoms with Gasteiger partial charge in [0.15, 0.2) is 0 Å². The van der Waals surface area contributed by atoms with Gasteiger partial charge in [-0.15, -0.1) is 0 Å². The van der Waals surface area contributed by atoms with Crippen LogP contribution in [0.4, 0.5) is 5.69 Å². The van der Waals surface area contributed by atoms with E-state index in [0.29, 0.717) is 34.7 Å². The molecule has 32 heavy (non-hydrogen) atoms. The summed E-state index contributed by atoms with van der Waals surface area (Å²) in [5.41, 5.74) is 0.568. The van der Waals surface area contributed by atoms with Gasteiger partial charge in [-0.25, -0.2) is 13.4 Å². The van der Waals surface area contributed by atoms with Crippen LogP contribution in [-0.2, 0) is 21.4 Å². The summed E-state index contributed by atoms with van der Waals surface area (Å²) in [6, 6.07) is 10.9. The Morgan fingerprint density at radius 1 is 1.03 bits per heavy atom. The lowest BCUT2D eigenvalue weighted by atomic mass is 10.2. The highest BCUT2D eigenvalue weighted by Gasteiger charge is 2.25. The van der Waals surface area contributed by atoms with Crippen molar-refractivity contribution in [1.82, 2.24) is 13.9 Å². The van der Waals surface area contributed by atoms with Crippen LogP contribution in [0.15, 0.2) is 58.5 Å². The van der Waals surface area contributed by atoms with Gasteiger partial charge in [-0.2, -0.15) is 4.31 Å². The fraction of sp³-hybridized carbons (Fsp3) is 0.318. The van der Waals surface area contributed by atoms with E-state index < -0.39 is 15.9 Å². The highest BCUT2D eigenvalue weighted by molar-refractivity contribution is 7.89. The Balaban J connectivity index is 1.46. The number of nitrogens with zero attached hydrogens (tertiary/aromatic N) is 3. The number of carbonyl (C=O) groups excluding carboxylic acids is 1. The van der Waals surface area contributed by atoms with E-state index >= 15 is 0 Å². The lowest BCUT2D eigenvalue weighted by molar-refractivity contribution is -0.116. The largest absolute Gasteiger partial charge is 0.325 e. The first kappa shape index (κ1) is 22.4. The summed E-state index contributed by atoms with van der Waals surface area (Å²) in [5.74, 6) is -0.432. The second kappa shape index (κ2) is 9.40. The third kappa shape index (κ3) is 4.85. The predicted molar refractivity (Wildman–Crippen MR) is 123 cm³/mol. The van der Waals surface area contributed by atoms with Crippen molar-refractivity contribution in [2.45, 2.75) is 37.1 Å². The van der Waals surface area contributed by atoms with E-state index in [2.05, 4.69) is 10.3 Å². The fourth-order valence-electron chi connectivity index (χ4n) is 3.74. The van der Waals surface area contributed by atoms with Crippen molar-refractivity contribution in [3.63, 3.8) is 0 Å². The predicted octanol–water partition coefficient (Wildman–Crippen LogP) is 3.25. The van der Waals surface area contributed by atoms with E-state index in [0.717, 1.165) is 25.7 Å². The molecule has 1 aromatic heterocycles. The smallest absolute Gasteiger partial charge is 0.261 e. The number of halogens is 1. The Morgan fingerprint density at radius 3 is 2.41 bits per heavy atom. The number of hydrogen-bond donors (Lipinski definition) is 1. The molecule has 4 rings (SSSR count). The summed E-state index contributed by atoms with van der Waals surface area (Å²) in [6.45, 7) is 0.823. The van der Waals surface area contributed by atoms with Crippen molar-refractivity contribution in [3.05, 3.63) is 64.2 Å². The summed E-state index contributed by atoms with van der Waals surface area (Å²) in [7, 11) is -3.55. The molecule has 1 amide bonds. The van der Waals surface area contributed by atoms with Crippen LogP contribution in [0.2, 0.25) is 5.02 Å². The molecule has 0 saturated carbocycles. The molecule has 2 heterocycles. The molecule has 10 heteroatoms. The average molecular weight is 475 g/mol. The standard InChI is InChI=1S/C22H23ClN4O4S/c23-16-5-10-20-19(13-16)22(29)26(15-24-20)14-21(28)25-17-6-8-18(9-7-17)32(30,31)27-11-3-1-2-4-12-27/h5-10,13,15H,1-4,11-12,14H2,(H,25,28). The highest BCUT2D eigenvalue weighted by Crippen LogP contribution is 2.22. The molecule has 0 bridgehead atoms. The summed E-state index contributed by atoms with van der Waals surface area (Å²) in [4.78, 5) is 29.4. The summed E-state index contributed by atoms with van der Waals surface area (Å²) >= 11 is 5.96. The van der Waals surface area contributed by atoms with Gasteiger partial charge in [0.05, 0.1) is 22.1 Å². The van der Waals surface area contributed by atoms with E-state index in [1.165, 1.54) is 33.4 Å². The lowest BCUT2D eigenvalue weighted by Gasteiger charge is -2.20. The number of rotatable bonds is 5. The van der Waals surface area contributed by atoms with Crippen LogP contribution in [0, 0.1) is 0 Å². The van der Waals surface area contributed by atoms with Gasteiger partial charge in [-0.05, 0) is 55.3 Å². The molecule has 2 aromatic carbocycles. The van der Waals surface area contributed by atoms with Crippen LogP contribution in [-0.4, -0.2) is 41.3 Å². The molecule has 1 aliphatic heterocycles. The molecule has 0 aliphatic carbocycles. The van der Waals surface area contributed by atoms with Crippen LogP contribution < -0.4 is 10.9 Å². The van der Waals surface area contributed by atoms with E-state index in [1.54, 1.807) is 24.3 Å². The van der Waals surface area contributed by atoms with Crippen molar-refractivity contribution in [2.24, 2.45) is 0 Å². The molecule has 8 nitrogen and oxygen atoms in total. The van der Waals surface area contributed by atoms with Gasteiger partial charge in [0.2, 0.25) is 15.9 Å². The molecule has 1 N–H and O–H groups in total. The van der Waals surface area contributed by atoms with Gasteiger partial charge in [0.1, 0.15) is 6.54 Å². The molecule has 0 unspecified atom stereocenters. The van der Waals surface area contributed by atoms with Gasteiger partial charge < -0.3 is 5.32 Å². The highest BCUT2D eigenvalue weighted by atomic mass is 35.5. The zero-order chi connectivity index (χ0) is 22.7. The second-order valence-electron chi connectivity index (χ2n) is 7.73. The Kier molecular flexibility index (Phi) is 6.59. The fourth-order valence-corrected chi connectivity index (χ4v) is 5.43. The number of nitrogens with one attached hydrogen (secondary N) is 1. The normalized spacial score (nSPS) is 15.4. The lowest BCUT2D eigenvalue weighted by Crippen LogP contribution is -2.32. The first-order valence-electron chi connectivity index (χ1n) is 10.4. The summed E-state index contributed by atoms with van der Waals surface area (Å²) in [6.07, 6.45) is 5.12. The number of aromatic nitrogens is 2. The number of anilines is 1. The molecular formula is C22H23ClN4O4S. The van der Waals surface area contributed by atoms with E-state index in [-0.39, 0.29) is 17.0 Å². The van der Waals surface area contributed by atoms with Crippen LogP contribution in [0.3, 0.4) is 0 Å². The molecule has 168 valence electrons. The molecule has 0 spiro atoms. The molecule has 0 radical (unpaired) electrons. The molecule has 1 saturated heterocycles.